The van der Waals surface area contributed by atoms with E-state index in [-0.39, 0.29) is 6.03 Å². The Kier molecular flexibility index (Phi) is 3.24. The van der Waals surface area contributed by atoms with Crippen molar-refractivity contribution in [2.24, 2.45) is 11.7 Å². The Bertz CT molecular complexity index is 328. The van der Waals surface area contributed by atoms with Gasteiger partial charge in [0.2, 0.25) is 0 Å². The van der Waals surface area contributed by atoms with Gasteiger partial charge in [-0.15, -0.1) is 0 Å². The van der Waals surface area contributed by atoms with Gasteiger partial charge in [0.1, 0.15) is 5.54 Å². The Hall–Kier alpha value is -1.30. The summed E-state index contributed by atoms with van der Waals surface area (Å²) in [6.07, 6.45) is 2.83. The first-order valence-electron chi connectivity index (χ1n) is 6.08. The number of nitrogens with one attached hydrogen (secondary N) is 1. The van der Waals surface area contributed by atoms with Crippen LogP contribution in [0.15, 0.2) is 0 Å². The number of hydrogen-bond acceptors (Lipinski definition) is 3. The van der Waals surface area contributed by atoms with E-state index >= 15 is 0 Å². The van der Waals surface area contributed by atoms with Gasteiger partial charge < -0.3 is 21.1 Å². The SMILES string of the molecule is NCC1CCN(C(=O)NC2(C(=O)O)CCC2)C1. The van der Waals surface area contributed by atoms with Gasteiger partial charge in [0.15, 0.2) is 0 Å². The van der Waals surface area contributed by atoms with E-state index in [1.807, 2.05) is 0 Å². The standard InChI is InChI=1S/C11H19N3O3/c12-6-8-2-5-14(7-8)10(17)13-11(9(15)16)3-1-4-11/h8H,1-7,12H2,(H,13,17)(H,15,16). The zero-order valence-corrected chi connectivity index (χ0v) is 9.82. The lowest BCUT2D eigenvalue weighted by atomic mass is 9.77. The highest BCUT2D eigenvalue weighted by Crippen LogP contribution is 2.32. The normalized spacial score (nSPS) is 26.4. The first-order valence-corrected chi connectivity index (χ1v) is 6.08. The second-order valence-corrected chi connectivity index (χ2v) is 5.01. The maximum Gasteiger partial charge on any atom is 0.329 e. The minimum absolute atomic E-state index is 0.261. The van der Waals surface area contributed by atoms with Gasteiger partial charge in [-0.25, -0.2) is 9.59 Å². The molecule has 1 saturated heterocycles. The first kappa shape index (κ1) is 12.2. The van der Waals surface area contributed by atoms with Gasteiger partial charge >= 0.3 is 12.0 Å². The van der Waals surface area contributed by atoms with E-state index in [0.29, 0.717) is 38.4 Å². The van der Waals surface area contributed by atoms with Crippen molar-refractivity contribution in [1.82, 2.24) is 10.2 Å². The van der Waals surface area contributed by atoms with E-state index in [2.05, 4.69) is 5.32 Å². The second-order valence-electron chi connectivity index (χ2n) is 5.01. The molecule has 0 spiro atoms. The Morgan fingerprint density at radius 3 is 2.59 bits per heavy atom. The van der Waals surface area contributed by atoms with Crippen LogP contribution < -0.4 is 11.1 Å². The molecule has 2 fully saturated rings. The molecule has 6 heteroatoms. The molecule has 1 aliphatic carbocycles. The van der Waals surface area contributed by atoms with Gasteiger partial charge in [0.25, 0.3) is 0 Å². The molecule has 2 amide bonds. The molecule has 0 aromatic rings. The Morgan fingerprint density at radius 2 is 2.18 bits per heavy atom. The number of carboxylic acid groups (broad SMARTS) is 1. The van der Waals surface area contributed by atoms with Gasteiger partial charge in [-0.3, -0.25) is 0 Å². The summed E-state index contributed by atoms with van der Waals surface area (Å²) in [6.45, 7) is 1.88. The molecule has 0 aromatic heterocycles. The lowest BCUT2D eigenvalue weighted by molar-refractivity contribution is -0.148. The van der Waals surface area contributed by atoms with Crippen LogP contribution in [0.4, 0.5) is 4.79 Å². The number of nitrogens with zero attached hydrogens (tertiary/aromatic N) is 1. The van der Waals surface area contributed by atoms with Crippen LogP contribution in [-0.4, -0.2) is 47.2 Å². The fraction of sp³-hybridized carbons (Fsp3) is 0.818. The summed E-state index contributed by atoms with van der Waals surface area (Å²) in [5, 5.41) is 11.8. The summed E-state index contributed by atoms with van der Waals surface area (Å²) >= 11 is 0. The molecule has 4 N–H and O–H groups in total. The Morgan fingerprint density at radius 1 is 1.47 bits per heavy atom. The summed E-state index contributed by atoms with van der Waals surface area (Å²) in [4.78, 5) is 24.7. The maximum absolute atomic E-state index is 11.9. The number of urea groups is 1. The average molecular weight is 241 g/mol. The average Bonchev–Trinajstić information content (AvgIpc) is 2.71. The number of amides is 2. The largest absolute Gasteiger partial charge is 0.480 e. The van der Waals surface area contributed by atoms with Gasteiger partial charge in [0, 0.05) is 13.1 Å². The topological polar surface area (TPSA) is 95.7 Å². The third-order valence-corrected chi connectivity index (χ3v) is 3.87. The quantitative estimate of drug-likeness (QED) is 0.647. The van der Waals surface area contributed by atoms with Crippen molar-refractivity contribution >= 4 is 12.0 Å². The van der Waals surface area contributed by atoms with Gasteiger partial charge in [-0.1, -0.05) is 0 Å². The van der Waals surface area contributed by atoms with Crippen molar-refractivity contribution < 1.29 is 14.7 Å². The molecule has 1 heterocycles. The van der Waals surface area contributed by atoms with Crippen LogP contribution in [0.2, 0.25) is 0 Å². The third kappa shape index (κ3) is 2.22. The fourth-order valence-corrected chi connectivity index (χ4v) is 2.42. The molecule has 1 atom stereocenters. The Balaban J connectivity index is 1.91. The minimum atomic E-state index is -1.02. The molecule has 2 rings (SSSR count). The van der Waals surface area contributed by atoms with Crippen LogP contribution in [0.25, 0.3) is 0 Å². The Labute approximate surface area is 100 Å². The van der Waals surface area contributed by atoms with Crippen LogP contribution in [0, 0.1) is 5.92 Å². The van der Waals surface area contributed by atoms with E-state index in [4.69, 9.17) is 10.8 Å². The van der Waals surface area contributed by atoms with Crippen molar-refractivity contribution in [3.8, 4) is 0 Å². The number of nitrogens with two attached hydrogens (primary N) is 1. The summed E-state index contributed by atoms with van der Waals surface area (Å²) in [5.41, 5.74) is 4.54. The first-order chi connectivity index (χ1) is 8.07. The van der Waals surface area contributed by atoms with Crippen molar-refractivity contribution in [3.05, 3.63) is 0 Å². The van der Waals surface area contributed by atoms with Crippen molar-refractivity contribution in [2.75, 3.05) is 19.6 Å². The molecule has 1 saturated carbocycles. The third-order valence-electron chi connectivity index (χ3n) is 3.87. The van der Waals surface area contributed by atoms with E-state index in [9.17, 15) is 9.59 Å². The molecular formula is C11H19N3O3. The van der Waals surface area contributed by atoms with Gasteiger partial charge in [-0.2, -0.15) is 0 Å². The van der Waals surface area contributed by atoms with Crippen LogP contribution in [0.3, 0.4) is 0 Å². The zero-order chi connectivity index (χ0) is 12.5. The van der Waals surface area contributed by atoms with Crippen LogP contribution in [0.5, 0.6) is 0 Å². The number of carbonyl (C=O) groups excluding carboxylic acids is 1. The summed E-state index contributed by atoms with van der Waals surface area (Å²) in [7, 11) is 0. The van der Waals surface area contributed by atoms with E-state index in [0.717, 1.165) is 12.8 Å². The van der Waals surface area contributed by atoms with Crippen LogP contribution in [-0.2, 0) is 4.79 Å². The zero-order valence-electron chi connectivity index (χ0n) is 9.82. The molecule has 17 heavy (non-hydrogen) atoms. The molecule has 1 aliphatic heterocycles. The number of hydrogen-bond donors (Lipinski definition) is 3. The van der Waals surface area contributed by atoms with E-state index < -0.39 is 11.5 Å². The number of carboxylic acids is 1. The summed E-state index contributed by atoms with van der Waals surface area (Å²) in [5.74, 6) is -0.574. The lowest BCUT2D eigenvalue weighted by Crippen LogP contribution is -2.61. The highest BCUT2D eigenvalue weighted by atomic mass is 16.4. The number of likely N-dealkylation sites (tertiary alicyclic amines) is 1. The van der Waals surface area contributed by atoms with Crippen LogP contribution >= 0.6 is 0 Å². The predicted molar refractivity (Wildman–Crippen MR) is 61.5 cm³/mol. The van der Waals surface area contributed by atoms with Gasteiger partial charge in [0.05, 0.1) is 0 Å². The maximum atomic E-state index is 11.9. The summed E-state index contributed by atoms with van der Waals surface area (Å²) in [6, 6.07) is -0.261. The van der Waals surface area contributed by atoms with Crippen molar-refractivity contribution in [2.45, 2.75) is 31.2 Å². The lowest BCUT2D eigenvalue weighted by Gasteiger charge is -2.39. The van der Waals surface area contributed by atoms with Gasteiger partial charge in [-0.05, 0) is 38.1 Å². The van der Waals surface area contributed by atoms with Crippen molar-refractivity contribution in [1.29, 1.82) is 0 Å². The van der Waals surface area contributed by atoms with Crippen molar-refractivity contribution in [3.63, 3.8) is 0 Å². The molecule has 0 bridgehead atoms. The summed E-state index contributed by atoms with van der Waals surface area (Å²) < 4.78 is 0. The molecule has 6 nitrogen and oxygen atoms in total. The second kappa shape index (κ2) is 4.52. The fourth-order valence-electron chi connectivity index (χ4n) is 2.42. The number of carbonyl (C=O) groups is 2. The molecule has 0 radical (unpaired) electrons. The molecule has 2 aliphatic rings. The van der Waals surface area contributed by atoms with E-state index in [1.54, 1.807) is 4.90 Å². The predicted octanol–water partition coefficient (Wildman–Crippen LogP) is -0.0161. The monoisotopic (exact) mass is 241 g/mol. The molecule has 96 valence electrons. The van der Waals surface area contributed by atoms with E-state index in [1.165, 1.54) is 0 Å². The van der Waals surface area contributed by atoms with Crippen LogP contribution in [0.1, 0.15) is 25.7 Å². The highest BCUT2D eigenvalue weighted by Gasteiger charge is 2.46. The number of rotatable bonds is 3. The number of aliphatic carboxylic acids is 1. The minimum Gasteiger partial charge on any atom is -0.480 e. The molecule has 0 aromatic carbocycles. The smallest absolute Gasteiger partial charge is 0.329 e. The highest BCUT2D eigenvalue weighted by molar-refractivity contribution is 5.87. The molecule has 1 unspecified atom stereocenters. The molecular weight excluding hydrogens is 222 g/mol.